The van der Waals surface area contributed by atoms with Crippen LogP contribution in [0, 0.1) is 17.8 Å². The summed E-state index contributed by atoms with van der Waals surface area (Å²) in [6.07, 6.45) is 6.24. The number of rotatable bonds is 6. The third-order valence-corrected chi connectivity index (χ3v) is 4.87. The summed E-state index contributed by atoms with van der Waals surface area (Å²) in [6.45, 7) is 2.92. The molecule has 0 saturated heterocycles. The van der Waals surface area contributed by atoms with Gasteiger partial charge in [0.2, 0.25) is 0 Å². The maximum Gasteiger partial charge on any atom is 0.310 e. The van der Waals surface area contributed by atoms with Crippen molar-refractivity contribution < 1.29 is 14.3 Å². The largest absolute Gasteiger partial charge is 0.455 e. The zero-order chi connectivity index (χ0) is 16.2. The molecular weight excluding hydrogens is 290 g/mol. The molecule has 0 unspecified atom stereocenters. The fourth-order valence-electron chi connectivity index (χ4n) is 3.56. The molecule has 1 aromatic carbocycles. The second-order valence-corrected chi connectivity index (χ2v) is 6.39. The molecule has 2 bridgehead atoms. The van der Waals surface area contributed by atoms with Crippen LogP contribution >= 0.6 is 0 Å². The number of benzene rings is 1. The first-order chi connectivity index (χ1) is 11.2. The third-order valence-electron chi connectivity index (χ3n) is 4.87. The molecule has 4 nitrogen and oxygen atoms in total. The highest BCUT2D eigenvalue weighted by atomic mass is 16.5. The molecule has 3 rings (SSSR count). The monoisotopic (exact) mass is 313 g/mol. The van der Waals surface area contributed by atoms with Gasteiger partial charge in [0.1, 0.15) is 0 Å². The molecular formula is C19H23NO3. The first-order valence-electron chi connectivity index (χ1n) is 8.34. The van der Waals surface area contributed by atoms with Crippen LogP contribution in [0.25, 0.3) is 0 Å². The lowest BCUT2D eigenvalue weighted by atomic mass is 9.94. The Bertz CT molecular complexity index is 596. The quantitative estimate of drug-likeness (QED) is 0.599. The average molecular weight is 313 g/mol. The van der Waals surface area contributed by atoms with Crippen molar-refractivity contribution in [3.8, 4) is 0 Å². The second kappa shape index (κ2) is 6.99. The molecule has 1 aromatic rings. The fraction of sp³-hybridized carbons (Fsp3) is 0.474. The molecule has 3 atom stereocenters. The summed E-state index contributed by atoms with van der Waals surface area (Å²) in [6, 6.07) is 9.84. The zero-order valence-corrected chi connectivity index (χ0v) is 13.5. The number of ether oxygens (including phenoxy) is 1. The highest BCUT2D eigenvalue weighted by molar-refractivity contribution is 5.81. The molecule has 122 valence electrons. The summed E-state index contributed by atoms with van der Waals surface area (Å²) >= 11 is 0. The summed E-state index contributed by atoms with van der Waals surface area (Å²) in [5, 5.41) is 0. The van der Waals surface area contributed by atoms with Crippen LogP contribution < -0.4 is 0 Å². The van der Waals surface area contributed by atoms with Gasteiger partial charge in [0, 0.05) is 13.1 Å². The summed E-state index contributed by atoms with van der Waals surface area (Å²) < 4.78 is 5.30. The van der Waals surface area contributed by atoms with Crippen LogP contribution in [-0.2, 0) is 20.9 Å². The Hall–Kier alpha value is -2.10. The normalized spacial score (nSPS) is 24.7. The van der Waals surface area contributed by atoms with Crippen LogP contribution in [0.3, 0.4) is 0 Å². The number of fused-ring (bicyclic) bond motifs is 2. The number of hydrogen-bond donors (Lipinski definition) is 0. The number of carbonyl (C=O) groups is 2. The number of amides is 1. The zero-order valence-electron chi connectivity index (χ0n) is 13.5. The molecule has 0 aliphatic heterocycles. The Morgan fingerprint density at radius 3 is 2.57 bits per heavy atom. The topological polar surface area (TPSA) is 46.6 Å². The van der Waals surface area contributed by atoms with E-state index in [1.807, 2.05) is 37.3 Å². The number of nitrogens with zero attached hydrogens (tertiary/aromatic N) is 1. The van der Waals surface area contributed by atoms with E-state index in [0.717, 1.165) is 18.4 Å². The first kappa shape index (κ1) is 15.8. The van der Waals surface area contributed by atoms with Gasteiger partial charge in [-0.2, -0.15) is 0 Å². The minimum atomic E-state index is -0.217. The maximum absolute atomic E-state index is 12.3. The molecule has 2 aliphatic carbocycles. The van der Waals surface area contributed by atoms with Gasteiger partial charge in [-0.15, -0.1) is 0 Å². The molecule has 23 heavy (non-hydrogen) atoms. The van der Waals surface area contributed by atoms with Crippen LogP contribution in [0.5, 0.6) is 0 Å². The summed E-state index contributed by atoms with van der Waals surface area (Å²) in [7, 11) is 0. The third kappa shape index (κ3) is 3.63. The molecule has 2 aliphatic rings. The van der Waals surface area contributed by atoms with Crippen molar-refractivity contribution in [3.05, 3.63) is 48.0 Å². The molecule has 0 aromatic heterocycles. The second-order valence-electron chi connectivity index (χ2n) is 6.39. The van der Waals surface area contributed by atoms with E-state index in [1.54, 1.807) is 4.90 Å². The SMILES string of the molecule is CCN(Cc1ccccc1)C(=O)COC(=O)[C@H]1C[C@H]2C=C[C@H]1C2. The lowest BCUT2D eigenvalue weighted by Crippen LogP contribution is -2.35. The molecule has 0 spiro atoms. The van der Waals surface area contributed by atoms with E-state index < -0.39 is 0 Å². The lowest BCUT2D eigenvalue weighted by Gasteiger charge is -2.22. The number of carbonyl (C=O) groups excluding carboxylic acids is 2. The van der Waals surface area contributed by atoms with Gasteiger partial charge in [-0.25, -0.2) is 0 Å². The predicted octanol–water partition coefficient (Wildman–Crippen LogP) is 2.79. The molecule has 1 fully saturated rings. The smallest absolute Gasteiger partial charge is 0.310 e. The van der Waals surface area contributed by atoms with E-state index in [0.29, 0.717) is 24.9 Å². The van der Waals surface area contributed by atoms with Crippen LogP contribution in [0.4, 0.5) is 0 Å². The Morgan fingerprint density at radius 2 is 1.96 bits per heavy atom. The maximum atomic E-state index is 12.3. The minimum Gasteiger partial charge on any atom is -0.455 e. The van der Waals surface area contributed by atoms with Gasteiger partial charge in [0.25, 0.3) is 5.91 Å². The van der Waals surface area contributed by atoms with Crippen molar-refractivity contribution >= 4 is 11.9 Å². The lowest BCUT2D eigenvalue weighted by molar-refractivity contribution is -0.156. The Kier molecular flexibility index (Phi) is 4.79. The van der Waals surface area contributed by atoms with E-state index in [1.165, 1.54) is 0 Å². The van der Waals surface area contributed by atoms with Gasteiger partial charge in [-0.1, -0.05) is 42.5 Å². The Labute approximate surface area is 137 Å². The summed E-state index contributed by atoms with van der Waals surface area (Å²) in [5.41, 5.74) is 1.08. The fourth-order valence-corrected chi connectivity index (χ4v) is 3.56. The van der Waals surface area contributed by atoms with Crippen molar-refractivity contribution in [2.75, 3.05) is 13.2 Å². The molecule has 1 amide bonds. The first-order valence-corrected chi connectivity index (χ1v) is 8.34. The van der Waals surface area contributed by atoms with Crippen LogP contribution in [0.2, 0.25) is 0 Å². The summed E-state index contributed by atoms with van der Waals surface area (Å²) in [5.74, 6) is 0.434. The number of allylic oxidation sites excluding steroid dienone is 2. The molecule has 0 heterocycles. The van der Waals surface area contributed by atoms with Crippen molar-refractivity contribution in [2.45, 2.75) is 26.3 Å². The van der Waals surface area contributed by atoms with Crippen molar-refractivity contribution in [1.29, 1.82) is 0 Å². The molecule has 4 heteroatoms. The number of esters is 1. The Morgan fingerprint density at radius 1 is 1.17 bits per heavy atom. The predicted molar refractivity (Wildman–Crippen MR) is 87.3 cm³/mol. The van der Waals surface area contributed by atoms with Crippen LogP contribution in [0.15, 0.2) is 42.5 Å². The van der Waals surface area contributed by atoms with Crippen molar-refractivity contribution in [3.63, 3.8) is 0 Å². The van der Waals surface area contributed by atoms with Crippen molar-refractivity contribution in [1.82, 2.24) is 4.90 Å². The van der Waals surface area contributed by atoms with Crippen LogP contribution in [-0.4, -0.2) is 29.9 Å². The van der Waals surface area contributed by atoms with E-state index in [9.17, 15) is 9.59 Å². The van der Waals surface area contributed by atoms with Gasteiger partial charge < -0.3 is 9.64 Å². The standard InChI is InChI=1S/C19H23NO3/c1-2-20(12-14-6-4-3-5-7-14)18(21)13-23-19(22)17-11-15-8-9-16(17)10-15/h3-9,15-17H,2,10-13H2,1H3/t15-,16-,17-/m0/s1. The molecule has 0 radical (unpaired) electrons. The van der Waals surface area contributed by atoms with Crippen LogP contribution in [0.1, 0.15) is 25.3 Å². The van der Waals surface area contributed by atoms with E-state index >= 15 is 0 Å². The van der Waals surface area contributed by atoms with Gasteiger partial charge in [0.05, 0.1) is 5.92 Å². The van der Waals surface area contributed by atoms with Gasteiger partial charge in [-0.3, -0.25) is 9.59 Å². The Balaban J connectivity index is 1.49. The summed E-state index contributed by atoms with van der Waals surface area (Å²) in [4.78, 5) is 26.2. The average Bonchev–Trinajstić information content (AvgIpc) is 3.21. The van der Waals surface area contributed by atoms with Gasteiger partial charge in [0.15, 0.2) is 6.61 Å². The van der Waals surface area contributed by atoms with E-state index in [4.69, 9.17) is 4.74 Å². The number of hydrogen-bond acceptors (Lipinski definition) is 3. The van der Waals surface area contributed by atoms with Gasteiger partial charge in [-0.05, 0) is 37.2 Å². The molecule has 1 saturated carbocycles. The van der Waals surface area contributed by atoms with Crippen molar-refractivity contribution in [2.24, 2.45) is 17.8 Å². The van der Waals surface area contributed by atoms with E-state index in [2.05, 4.69) is 12.2 Å². The highest BCUT2D eigenvalue weighted by Crippen LogP contribution is 2.43. The highest BCUT2D eigenvalue weighted by Gasteiger charge is 2.40. The number of likely N-dealkylation sites (N-methyl/N-ethyl adjacent to an activating group) is 1. The van der Waals surface area contributed by atoms with Gasteiger partial charge >= 0.3 is 5.97 Å². The molecule has 0 N–H and O–H groups in total. The van der Waals surface area contributed by atoms with E-state index in [-0.39, 0.29) is 24.4 Å². The minimum absolute atomic E-state index is 0.0537.